The maximum atomic E-state index is 13.7. The normalized spacial score (nSPS) is 22.8. The van der Waals surface area contributed by atoms with Gasteiger partial charge in [0.1, 0.15) is 11.6 Å². The lowest BCUT2D eigenvalue weighted by Gasteiger charge is -2.22. The highest BCUT2D eigenvalue weighted by molar-refractivity contribution is 7.85. The molecule has 4 nitrogen and oxygen atoms in total. The van der Waals surface area contributed by atoms with Gasteiger partial charge in [-0.3, -0.25) is 9.00 Å². The Morgan fingerprint density at radius 2 is 2.11 bits per heavy atom. The van der Waals surface area contributed by atoms with Gasteiger partial charge in [-0.15, -0.1) is 0 Å². The van der Waals surface area contributed by atoms with E-state index in [1.54, 1.807) is 6.07 Å². The van der Waals surface area contributed by atoms with Crippen molar-refractivity contribution in [2.45, 2.75) is 18.9 Å². The van der Waals surface area contributed by atoms with Crippen molar-refractivity contribution in [3.05, 3.63) is 29.6 Å². The number of ether oxygens (including phenoxy) is 1. The van der Waals surface area contributed by atoms with Gasteiger partial charge in [0.25, 0.3) is 5.91 Å². The van der Waals surface area contributed by atoms with Crippen LogP contribution in [0.3, 0.4) is 0 Å². The number of rotatable bonds is 3. The zero-order valence-corrected chi connectivity index (χ0v) is 11.5. The van der Waals surface area contributed by atoms with E-state index in [1.165, 1.54) is 19.2 Å². The molecule has 0 spiro atoms. The van der Waals surface area contributed by atoms with Crippen LogP contribution < -0.4 is 10.1 Å². The topological polar surface area (TPSA) is 55.4 Å². The standard InChI is InChI=1S/C13H16FNO3S/c1-18-10-2-3-11(12(14)8-10)13(16)15-9-4-6-19(17)7-5-9/h2-3,8-9H,4-7H2,1H3,(H,15,16). The summed E-state index contributed by atoms with van der Waals surface area (Å²) in [6.07, 6.45) is 1.35. The van der Waals surface area contributed by atoms with Crippen molar-refractivity contribution in [3.63, 3.8) is 0 Å². The third-order valence-corrected chi connectivity index (χ3v) is 4.53. The molecule has 1 heterocycles. The van der Waals surface area contributed by atoms with E-state index in [1.807, 2.05) is 0 Å². The van der Waals surface area contributed by atoms with Crippen molar-refractivity contribution in [1.82, 2.24) is 5.32 Å². The number of halogens is 1. The minimum absolute atomic E-state index is 0.00694. The molecule has 104 valence electrons. The van der Waals surface area contributed by atoms with E-state index in [2.05, 4.69) is 5.32 Å². The minimum Gasteiger partial charge on any atom is -0.497 e. The summed E-state index contributed by atoms with van der Waals surface area (Å²) in [6, 6.07) is 4.12. The van der Waals surface area contributed by atoms with Crippen molar-refractivity contribution in [2.75, 3.05) is 18.6 Å². The Hall–Kier alpha value is -1.43. The van der Waals surface area contributed by atoms with Crippen molar-refractivity contribution < 1.29 is 18.1 Å². The number of methoxy groups -OCH3 is 1. The van der Waals surface area contributed by atoms with Gasteiger partial charge in [0.2, 0.25) is 0 Å². The quantitative estimate of drug-likeness (QED) is 0.915. The van der Waals surface area contributed by atoms with Gasteiger partial charge in [-0.1, -0.05) is 0 Å². The molecule has 0 bridgehead atoms. The monoisotopic (exact) mass is 285 g/mol. The summed E-state index contributed by atoms with van der Waals surface area (Å²) in [5.74, 6) is 0.530. The summed E-state index contributed by atoms with van der Waals surface area (Å²) in [6.45, 7) is 0. The predicted molar refractivity (Wildman–Crippen MR) is 71.3 cm³/mol. The lowest BCUT2D eigenvalue weighted by Crippen LogP contribution is -2.39. The smallest absolute Gasteiger partial charge is 0.254 e. The molecule has 1 aromatic rings. The second-order valence-electron chi connectivity index (χ2n) is 4.44. The molecule has 1 fully saturated rings. The van der Waals surface area contributed by atoms with Crippen molar-refractivity contribution in [1.29, 1.82) is 0 Å². The second-order valence-corrected chi connectivity index (χ2v) is 6.14. The Morgan fingerprint density at radius 3 is 2.68 bits per heavy atom. The molecule has 1 aliphatic heterocycles. The molecular weight excluding hydrogens is 269 g/mol. The highest BCUT2D eigenvalue weighted by Crippen LogP contribution is 2.17. The number of carbonyl (C=O) groups excluding carboxylic acids is 1. The van der Waals surface area contributed by atoms with Crippen LogP contribution in [0.2, 0.25) is 0 Å². The summed E-state index contributed by atoms with van der Waals surface area (Å²) in [5.41, 5.74) is 0.00694. The van der Waals surface area contributed by atoms with E-state index < -0.39 is 22.5 Å². The van der Waals surface area contributed by atoms with Crippen LogP contribution in [0.25, 0.3) is 0 Å². The molecular formula is C13H16FNO3S. The maximum Gasteiger partial charge on any atom is 0.254 e. The molecule has 1 aliphatic rings. The van der Waals surface area contributed by atoms with Crippen LogP contribution in [0.4, 0.5) is 4.39 Å². The van der Waals surface area contributed by atoms with Gasteiger partial charge in [-0.05, 0) is 25.0 Å². The first-order valence-electron chi connectivity index (χ1n) is 6.09. The highest BCUT2D eigenvalue weighted by atomic mass is 32.2. The largest absolute Gasteiger partial charge is 0.497 e. The fraction of sp³-hybridized carbons (Fsp3) is 0.462. The van der Waals surface area contributed by atoms with E-state index >= 15 is 0 Å². The Balaban J connectivity index is 2.01. The lowest BCUT2D eigenvalue weighted by molar-refractivity contribution is 0.0930. The fourth-order valence-electron chi connectivity index (χ4n) is 2.01. The summed E-state index contributed by atoms with van der Waals surface area (Å²) >= 11 is 0. The molecule has 1 saturated heterocycles. The Bertz CT molecular complexity index is 497. The van der Waals surface area contributed by atoms with Crippen LogP contribution in [0.5, 0.6) is 5.75 Å². The van der Waals surface area contributed by atoms with E-state index in [-0.39, 0.29) is 11.6 Å². The highest BCUT2D eigenvalue weighted by Gasteiger charge is 2.21. The zero-order valence-electron chi connectivity index (χ0n) is 10.6. The summed E-state index contributed by atoms with van der Waals surface area (Å²) in [4.78, 5) is 11.9. The molecule has 0 atom stereocenters. The molecule has 1 N–H and O–H groups in total. The van der Waals surface area contributed by atoms with Gasteiger partial charge in [0.05, 0.1) is 12.7 Å². The maximum absolute atomic E-state index is 13.7. The van der Waals surface area contributed by atoms with Crippen molar-refractivity contribution >= 4 is 16.7 Å². The molecule has 1 aromatic carbocycles. The Labute approximate surface area is 113 Å². The average molecular weight is 285 g/mol. The first-order chi connectivity index (χ1) is 9.10. The van der Waals surface area contributed by atoms with Gasteiger partial charge in [0, 0.05) is 34.4 Å². The number of hydrogen-bond donors (Lipinski definition) is 1. The fourth-order valence-corrected chi connectivity index (χ4v) is 3.31. The Kier molecular flexibility index (Phi) is 4.52. The van der Waals surface area contributed by atoms with Gasteiger partial charge in [0.15, 0.2) is 0 Å². The van der Waals surface area contributed by atoms with E-state index in [9.17, 15) is 13.4 Å². The third-order valence-electron chi connectivity index (χ3n) is 3.14. The lowest BCUT2D eigenvalue weighted by atomic mass is 10.1. The molecule has 1 amide bonds. The van der Waals surface area contributed by atoms with Crippen molar-refractivity contribution in [3.8, 4) is 5.75 Å². The molecule has 0 aliphatic carbocycles. The van der Waals surface area contributed by atoms with Gasteiger partial charge >= 0.3 is 0 Å². The molecule has 19 heavy (non-hydrogen) atoms. The number of carbonyl (C=O) groups is 1. The molecule has 2 rings (SSSR count). The molecule has 0 unspecified atom stereocenters. The van der Waals surface area contributed by atoms with E-state index in [0.29, 0.717) is 30.1 Å². The first kappa shape index (κ1) is 14.0. The average Bonchev–Trinajstić information content (AvgIpc) is 2.41. The van der Waals surface area contributed by atoms with E-state index in [0.717, 1.165) is 0 Å². The van der Waals surface area contributed by atoms with Crippen LogP contribution in [-0.2, 0) is 10.8 Å². The molecule has 0 radical (unpaired) electrons. The third kappa shape index (κ3) is 3.53. The summed E-state index contributed by atoms with van der Waals surface area (Å²) in [5, 5.41) is 2.78. The number of amides is 1. The SMILES string of the molecule is COc1ccc(C(=O)NC2CCS(=O)CC2)c(F)c1. The van der Waals surface area contributed by atoms with Gasteiger partial charge < -0.3 is 10.1 Å². The summed E-state index contributed by atoms with van der Waals surface area (Å²) < 4.78 is 29.8. The minimum atomic E-state index is -0.771. The van der Waals surface area contributed by atoms with Crippen molar-refractivity contribution in [2.24, 2.45) is 0 Å². The first-order valence-corrected chi connectivity index (χ1v) is 7.58. The van der Waals surface area contributed by atoms with Crippen LogP contribution in [0.1, 0.15) is 23.2 Å². The van der Waals surface area contributed by atoms with Crippen LogP contribution in [-0.4, -0.2) is 34.8 Å². The van der Waals surface area contributed by atoms with Crippen LogP contribution in [0.15, 0.2) is 18.2 Å². The summed E-state index contributed by atoms with van der Waals surface area (Å²) in [7, 11) is 0.670. The molecule has 0 aromatic heterocycles. The molecule has 0 saturated carbocycles. The van der Waals surface area contributed by atoms with Gasteiger partial charge in [-0.2, -0.15) is 0 Å². The Morgan fingerprint density at radius 1 is 1.42 bits per heavy atom. The number of hydrogen-bond acceptors (Lipinski definition) is 3. The second kappa shape index (κ2) is 6.14. The number of nitrogens with one attached hydrogen (secondary N) is 1. The predicted octanol–water partition coefficient (Wildman–Crippen LogP) is 1.48. The van der Waals surface area contributed by atoms with Crippen LogP contribution >= 0.6 is 0 Å². The van der Waals surface area contributed by atoms with Crippen LogP contribution in [0, 0.1) is 5.82 Å². The molecule has 6 heteroatoms. The van der Waals surface area contributed by atoms with Gasteiger partial charge in [-0.25, -0.2) is 4.39 Å². The zero-order chi connectivity index (χ0) is 13.8. The van der Waals surface area contributed by atoms with E-state index in [4.69, 9.17) is 4.74 Å². The number of benzene rings is 1.